The third kappa shape index (κ3) is 4.66. The zero-order valence-electron chi connectivity index (χ0n) is 22.3. The molecule has 3 aromatic carbocycles. The van der Waals surface area contributed by atoms with E-state index in [0.29, 0.717) is 5.56 Å². The van der Waals surface area contributed by atoms with Crippen LogP contribution < -0.4 is 36.5 Å². The Kier molecular flexibility index (Phi) is 6.78. The Morgan fingerprint density at radius 3 is 2.36 bits per heavy atom. The van der Waals surface area contributed by atoms with Crippen molar-refractivity contribution in [3.8, 4) is 0 Å². The number of carbonyl (C=O) groups is 2. The summed E-state index contributed by atoms with van der Waals surface area (Å²) in [4.78, 5) is 26.7. The molecule has 3 aliphatic rings. The molecule has 0 bridgehead atoms. The van der Waals surface area contributed by atoms with Crippen LogP contribution in [0.3, 0.4) is 0 Å². The number of alkyl halides is 1. The molecule has 0 atom stereocenters. The van der Waals surface area contributed by atoms with Crippen LogP contribution in [0.15, 0.2) is 54.6 Å². The van der Waals surface area contributed by atoms with Gasteiger partial charge in [0.15, 0.2) is 0 Å². The van der Waals surface area contributed by atoms with Crippen LogP contribution in [0.5, 0.6) is 0 Å². The first-order valence-electron chi connectivity index (χ1n) is 13.7. The maximum absolute atomic E-state index is 12.4. The van der Waals surface area contributed by atoms with Crippen molar-refractivity contribution in [2.75, 3.05) is 22.4 Å². The van der Waals surface area contributed by atoms with E-state index in [1.165, 1.54) is 59.2 Å². The van der Waals surface area contributed by atoms with Crippen molar-refractivity contribution >= 4 is 27.3 Å². The summed E-state index contributed by atoms with van der Waals surface area (Å²) in [6, 6.07) is 17.4. The molecule has 0 spiro atoms. The van der Waals surface area contributed by atoms with Gasteiger partial charge in [0.25, 0.3) is 0 Å². The minimum atomic E-state index is -1.07. The third-order valence-electron chi connectivity index (χ3n) is 8.65. The van der Waals surface area contributed by atoms with Crippen LogP contribution in [0.25, 0.3) is 9.66 Å². The molecule has 0 unspecified atom stereocenters. The number of rotatable bonds is 7. The summed E-state index contributed by atoms with van der Waals surface area (Å²) < 4.78 is 3.77. The summed E-state index contributed by atoms with van der Waals surface area (Å²) in [6.45, 7) is 6.58. The number of carboxylic acids is 2. The van der Waals surface area contributed by atoms with Crippen LogP contribution in [0.2, 0.25) is 0 Å². The van der Waals surface area contributed by atoms with E-state index >= 15 is 0 Å². The fraction of sp³-hybridized carbons (Fsp3) is 0.333. The number of aromatic carboxylic acids is 2. The van der Waals surface area contributed by atoms with Gasteiger partial charge in [0, 0.05) is 0 Å². The Morgan fingerprint density at radius 1 is 0.923 bits per heavy atom. The molecule has 1 aliphatic heterocycles. The Balaban J connectivity index is 1.61. The summed E-state index contributed by atoms with van der Waals surface area (Å²) in [7, 11) is 0. The average Bonchev–Trinajstić information content (AvgIpc) is 2.85. The number of carboxylic acid groups (broad SMARTS) is 2. The van der Waals surface area contributed by atoms with Crippen LogP contribution in [0.4, 0.5) is 5.69 Å². The summed E-state index contributed by atoms with van der Waals surface area (Å²) in [6.07, 6.45) is 5.31. The van der Waals surface area contributed by atoms with E-state index in [1.54, 1.807) is 0 Å². The molecule has 39 heavy (non-hydrogen) atoms. The fourth-order valence-electron chi connectivity index (χ4n) is 5.96. The zero-order chi connectivity index (χ0) is 27.3. The van der Waals surface area contributed by atoms with E-state index in [9.17, 15) is 19.8 Å². The molecule has 2 fully saturated rings. The Labute approximate surface area is 239 Å². The normalized spacial score (nSPS) is 18.3. The zero-order valence-corrected chi connectivity index (χ0v) is 24.5. The number of fused-ring (bicyclic) bond motifs is 2. The van der Waals surface area contributed by atoms with Crippen LogP contribution in [0.1, 0.15) is 82.5 Å². The molecule has 5 nitrogen and oxygen atoms in total. The molecule has 1 saturated carbocycles. The molecule has 6 rings (SSSR count). The third-order valence-corrected chi connectivity index (χ3v) is 11.6. The van der Waals surface area contributed by atoms with Gasteiger partial charge in [0.05, 0.1) is 0 Å². The van der Waals surface area contributed by atoms with E-state index in [-0.39, 0.29) is 37.7 Å². The number of hydrogen-bond donors (Lipinski definition) is 2. The van der Waals surface area contributed by atoms with Gasteiger partial charge in [0.2, 0.25) is 0 Å². The second-order valence-corrected chi connectivity index (χ2v) is 13.8. The van der Waals surface area contributed by atoms with Gasteiger partial charge in [0.1, 0.15) is 0 Å². The Hall–Kier alpha value is -3.13. The molecule has 202 valence electrons. The second-order valence-electron chi connectivity index (χ2n) is 11.5. The van der Waals surface area contributed by atoms with Gasteiger partial charge in [-0.3, -0.25) is 0 Å². The second kappa shape index (κ2) is 10.1. The number of benzene rings is 3. The van der Waals surface area contributed by atoms with Gasteiger partial charge in [-0.2, -0.15) is 0 Å². The first-order valence-corrected chi connectivity index (χ1v) is 16.4. The van der Waals surface area contributed by atoms with Crippen molar-refractivity contribution < 1.29 is 41.0 Å². The molecule has 6 heteroatoms. The number of anilines is 1. The maximum atomic E-state index is 12.4. The summed E-state index contributed by atoms with van der Waals surface area (Å²) in [5, 5.41) is 22.1. The van der Waals surface area contributed by atoms with Crippen LogP contribution in [0, 0.1) is 5.92 Å². The molecular weight excluding hydrogens is 601 g/mol. The molecule has 2 N–H and O–H groups in total. The monoisotopic (exact) mass is 634 g/mol. The predicted molar refractivity (Wildman–Crippen MR) is 150 cm³/mol. The topological polar surface area (TPSA) is 77.8 Å². The predicted octanol–water partition coefficient (Wildman–Crippen LogP) is 1.81. The van der Waals surface area contributed by atoms with Gasteiger partial charge in [-0.15, -0.1) is 0 Å². The molecule has 0 amide bonds. The van der Waals surface area contributed by atoms with E-state index in [4.69, 9.17) is 0 Å². The fourth-order valence-corrected chi connectivity index (χ4v) is 8.71. The summed E-state index contributed by atoms with van der Waals surface area (Å²) in [5.74, 6) is -1.23. The van der Waals surface area contributed by atoms with Crippen molar-refractivity contribution in [1.29, 1.82) is 0 Å². The molecule has 0 radical (unpaired) electrons. The Bertz CT molecular complexity index is 1620. The van der Waals surface area contributed by atoms with Crippen molar-refractivity contribution in [3.05, 3.63) is 98.4 Å². The number of halogens is 1. The molecular formula is C33H33INO4-. The van der Waals surface area contributed by atoms with Crippen molar-refractivity contribution in [2.24, 2.45) is 5.92 Å². The molecule has 0 aromatic heterocycles. The number of nitrogens with zero attached hydrogens (tertiary/aromatic N) is 1. The van der Waals surface area contributed by atoms with Gasteiger partial charge in [-0.1, -0.05) is 0 Å². The first-order chi connectivity index (χ1) is 18.7. The van der Waals surface area contributed by atoms with Gasteiger partial charge in [-0.25, -0.2) is 0 Å². The number of hydrogen-bond acceptors (Lipinski definition) is 3. The Morgan fingerprint density at radius 2 is 1.72 bits per heavy atom. The van der Waals surface area contributed by atoms with E-state index in [1.807, 2.05) is 0 Å². The summed E-state index contributed by atoms with van der Waals surface area (Å²) in [5.41, 5.74) is 5.59. The standard InChI is InChI=1S/C33H33INO4/c1-33(2)28-15-21(19-34-18-20-5-3-6-20)7-10-25(28)30(26-12-9-23(17-29(26)33)35-13-4-14-35)27-16-22(31(36)37)8-11-24(27)32(38)39/h7-12,15-17,19-20H,3-6,13-14,18H2,1-2H3,(H,36,37)(H,38,39)/q-1/b21-19+. The first kappa shape index (κ1) is 26.1. The van der Waals surface area contributed by atoms with Gasteiger partial charge < -0.3 is 0 Å². The van der Waals surface area contributed by atoms with Crippen LogP contribution >= 0.6 is 0 Å². The quantitative estimate of drug-likeness (QED) is 0.307. The molecule has 3 aromatic rings. The van der Waals surface area contributed by atoms with E-state index in [2.05, 4.69) is 59.2 Å². The van der Waals surface area contributed by atoms with Crippen molar-refractivity contribution in [1.82, 2.24) is 0 Å². The van der Waals surface area contributed by atoms with Crippen LogP contribution in [-0.4, -0.2) is 39.7 Å². The van der Waals surface area contributed by atoms with Gasteiger partial charge in [-0.05, 0) is 0 Å². The van der Waals surface area contributed by atoms with E-state index < -0.39 is 11.9 Å². The van der Waals surface area contributed by atoms with E-state index in [0.717, 1.165) is 46.5 Å². The average molecular weight is 635 g/mol. The minimum absolute atomic E-state index is 0.0208. The van der Waals surface area contributed by atoms with Crippen molar-refractivity contribution in [3.63, 3.8) is 0 Å². The molecule has 2 aliphatic carbocycles. The molecule has 1 saturated heterocycles. The van der Waals surface area contributed by atoms with Crippen LogP contribution in [-0.2, 0) is 5.41 Å². The summed E-state index contributed by atoms with van der Waals surface area (Å²) >= 11 is -0.0208. The molecule has 1 heterocycles. The van der Waals surface area contributed by atoms with Crippen molar-refractivity contribution in [2.45, 2.75) is 44.9 Å². The SMILES string of the molecule is CC1(C)c2cc(N3CCC3)ccc2C(c2cc(C(=O)O)ccc2C(=O)O)=c2cc/c(=C\[I-]CC3CCC3)cc21. The van der Waals surface area contributed by atoms with Gasteiger partial charge >= 0.3 is 240 Å².